The van der Waals surface area contributed by atoms with Gasteiger partial charge in [0.05, 0.1) is 6.04 Å². The first kappa shape index (κ1) is 12.9. The van der Waals surface area contributed by atoms with E-state index in [9.17, 15) is 0 Å². The summed E-state index contributed by atoms with van der Waals surface area (Å²) in [5.74, 6) is 2.19. The average molecular weight is 236 g/mol. The highest BCUT2D eigenvalue weighted by atomic mass is 15.3. The minimum atomic E-state index is 0.164. The lowest BCUT2D eigenvalue weighted by atomic mass is 9.90. The van der Waals surface area contributed by atoms with E-state index in [1.807, 2.05) is 0 Å². The lowest BCUT2D eigenvalue weighted by Gasteiger charge is -2.43. The molecular weight excluding hydrogens is 208 g/mol. The molecule has 1 saturated carbocycles. The first-order valence-electron chi connectivity index (χ1n) is 7.04. The maximum atomic E-state index is 5.10. The Balaban J connectivity index is 2.37. The molecule has 0 aromatic rings. The van der Waals surface area contributed by atoms with Crippen LogP contribution in [0.5, 0.6) is 0 Å². The molecule has 2 unspecified atom stereocenters. The Bertz CT molecular complexity index is 317. The van der Waals surface area contributed by atoms with Gasteiger partial charge in [-0.3, -0.25) is 4.99 Å². The largest absolute Gasteiger partial charge is 0.355 e. The summed E-state index contributed by atoms with van der Waals surface area (Å²) < 4.78 is 0. The van der Waals surface area contributed by atoms with Crippen LogP contribution in [0.2, 0.25) is 0 Å². The molecule has 2 atom stereocenters. The molecule has 2 rings (SSSR count). The molecule has 2 heteroatoms. The van der Waals surface area contributed by atoms with Gasteiger partial charge >= 0.3 is 0 Å². The van der Waals surface area contributed by atoms with Crippen molar-refractivity contribution in [3.8, 4) is 0 Å². The van der Waals surface area contributed by atoms with Crippen LogP contribution in [-0.2, 0) is 0 Å². The van der Waals surface area contributed by atoms with E-state index in [4.69, 9.17) is 4.99 Å². The van der Waals surface area contributed by atoms with E-state index in [1.54, 1.807) is 0 Å². The Hall–Kier alpha value is -0.530. The van der Waals surface area contributed by atoms with E-state index in [0.29, 0.717) is 6.04 Å². The Morgan fingerprint density at radius 1 is 1.06 bits per heavy atom. The summed E-state index contributed by atoms with van der Waals surface area (Å²) in [5, 5.41) is 0. The topological polar surface area (TPSA) is 15.6 Å². The van der Waals surface area contributed by atoms with Crippen molar-refractivity contribution in [2.75, 3.05) is 6.54 Å². The molecule has 1 aliphatic heterocycles. The second kappa shape index (κ2) is 4.00. The van der Waals surface area contributed by atoms with E-state index >= 15 is 0 Å². The van der Waals surface area contributed by atoms with Gasteiger partial charge in [-0.25, -0.2) is 0 Å². The van der Waals surface area contributed by atoms with Crippen molar-refractivity contribution in [2.24, 2.45) is 16.3 Å². The van der Waals surface area contributed by atoms with Crippen LogP contribution in [0, 0.1) is 11.3 Å². The third-order valence-corrected chi connectivity index (χ3v) is 4.00. The van der Waals surface area contributed by atoms with Gasteiger partial charge in [0.15, 0.2) is 0 Å². The molecule has 0 saturated heterocycles. The quantitative estimate of drug-likeness (QED) is 0.626. The van der Waals surface area contributed by atoms with Crippen LogP contribution < -0.4 is 0 Å². The number of nitrogens with zero attached hydrogens (tertiary/aromatic N) is 2. The highest BCUT2D eigenvalue weighted by Crippen LogP contribution is 2.37. The van der Waals surface area contributed by atoms with Crippen LogP contribution in [-0.4, -0.2) is 28.9 Å². The van der Waals surface area contributed by atoms with Crippen molar-refractivity contribution < 1.29 is 0 Å². The predicted octanol–water partition coefficient (Wildman–Crippen LogP) is 3.71. The van der Waals surface area contributed by atoms with Gasteiger partial charge in [-0.1, -0.05) is 20.8 Å². The molecule has 0 spiro atoms. The number of amidine groups is 1. The van der Waals surface area contributed by atoms with E-state index < -0.39 is 0 Å². The molecule has 0 aromatic carbocycles. The third kappa shape index (κ3) is 2.66. The highest BCUT2D eigenvalue weighted by molar-refractivity contribution is 5.88. The van der Waals surface area contributed by atoms with E-state index in [-0.39, 0.29) is 11.0 Å². The molecule has 0 N–H and O–H groups in total. The molecule has 2 aliphatic rings. The SMILES string of the molecule is CC(C)(C)C1=NC2CCC(C2)CN1C(C)(C)C. The van der Waals surface area contributed by atoms with Gasteiger partial charge in [0.1, 0.15) is 5.84 Å². The summed E-state index contributed by atoms with van der Waals surface area (Å²) in [4.78, 5) is 7.66. The molecule has 2 bridgehead atoms. The zero-order valence-corrected chi connectivity index (χ0v) is 12.4. The molecular formula is C15H28N2. The Labute approximate surface area is 106 Å². The summed E-state index contributed by atoms with van der Waals surface area (Å²) in [6.45, 7) is 15.0. The fourth-order valence-corrected chi connectivity index (χ4v) is 3.11. The van der Waals surface area contributed by atoms with Gasteiger partial charge < -0.3 is 4.90 Å². The molecule has 98 valence electrons. The molecule has 2 nitrogen and oxygen atoms in total. The van der Waals surface area contributed by atoms with Crippen LogP contribution in [0.3, 0.4) is 0 Å². The first-order chi connectivity index (χ1) is 7.68. The lowest BCUT2D eigenvalue weighted by Crippen LogP contribution is -2.51. The normalized spacial score (nSPS) is 30.2. The van der Waals surface area contributed by atoms with E-state index in [1.165, 1.54) is 31.6 Å². The second-order valence-corrected chi connectivity index (χ2v) is 7.82. The number of hydrogen-bond donors (Lipinski definition) is 0. The summed E-state index contributed by atoms with van der Waals surface area (Å²) in [6.07, 6.45) is 3.99. The summed E-state index contributed by atoms with van der Waals surface area (Å²) in [7, 11) is 0. The molecule has 0 amide bonds. The van der Waals surface area contributed by atoms with Gasteiger partial charge in [-0.05, 0) is 46.0 Å². The smallest absolute Gasteiger partial charge is 0.105 e. The average Bonchev–Trinajstić information content (AvgIpc) is 2.41. The Kier molecular flexibility index (Phi) is 3.04. The maximum absolute atomic E-state index is 5.10. The minimum absolute atomic E-state index is 0.164. The third-order valence-electron chi connectivity index (χ3n) is 4.00. The predicted molar refractivity (Wildman–Crippen MR) is 74.5 cm³/mol. The van der Waals surface area contributed by atoms with Crippen LogP contribution in [0.4, 0.5) is 0 Å². The number of hydrogen-bond acceptors (Lipinski definition) is 2. The maximum Gasteiger partial charge on any atom is 0.105 e. The van der Waals surface area contributed by atoms with Crippen LogP contribution >= 0.6 is 0 Å². The summed E-state index contributed by atoms with van der Waals surface area (Å²) in [6, 6.07) is 0.599. The number of fused-ring (bicyclic) bond motifs is 2. The van der Waals surface area contributed by atoms with Gasteiger partial charge in [0, 0.05) is 17.5 Å². The van der Waals surface area contributed by atoms with Gasteiger partial charge in [-0.15, -0.1) is 0 Å². The summed E-state index contributed by atoms with van der Waals surface area (Å²) in [5.41, 5.74) is 0.356. The van der Waals surface area contributed by atoms with Crippen molar-refractivity contribution in [3.63, 3.8) is 0 Å². The van der Waals surface area contributed by atoms with Crippen LogP contribution in [0.1, 0.15) is 60.8 Å². The second-order valence-electron chi connectivity index (χ2n) is 7.82. The Morgan fingerprint density at radius 2 is 1.71 bits per heavy atom. The van der Waals surface area contributed by atoms with E-state index in [0.717, 1.165) is 5.92 Å². The minimum Gasteiger partial charge on any atom is -0.355 e. The zero-order chi connectivity index (χ0) is 12.8. The fraction of sp³-hybridized carbons (Fsp3) is 0.933. The van der Waals surface area contributed by atoms with Crippen molar-refractivity contribution in [1.82, 2.24) is 4.90 Å². The first-order valence-corrected chi connectivity index (χ1v) is 7.04. The zero-order valence-electron chi connectivity index (χ0n) is 12.4. The molecule has 1 heterocycles. The monoisotopic (exact) mass is 236 g/mol. The Morgan fingerprint density at radius 3 is 2.24 bits per heavy atom. The van der Waals surface area contributed by atoms with Gasteiger partial charge in [-0.2, -0.15) is 0 Å². The molecule has 1 aliphatic carbocycles. The van der Waals surface area contributed by atoms with Crippen molar-refractivity contribution >= 4 is 5.84 Å². The summed E-state index contributed by atoms with van der Waals surface area (Å²) >= 11 is 0. The van der Waals surface area contributed by atoms with Crippen LogP contribution in [0.15, 0.2) is 4.99 Å². The van der Waals surface area contributed by atoms with Gasteiger partial charge in [0.25, 0.3) is 0 Å². The standard InChI is InChI=1S/C15H28N2/c1-14(2,3)13-16-12-8-7-11(9-12)10-17(13)15(4,5)6/h11-12H,7-10H2,1-6H3. The molecule has 17 heavy (non-hydrogen) atoms. The van der Waals surface area contributed by atoms with Crippen molar-refractivity contribution in [1.29, 1.82) is 0 Å². The van der Waals surface area contributed by atoms with Crippen molar-refractivity contribution in [3.05, 3.63) is 0 Å². The fourth-order valence-electron chi connectivity index (χ4n) is 3.11. The highest BCUT2D eigenvalue weighted by Gasteiger charge is 2.39. The lowest BCUT2D eigenvalue weighted by molar-refractivity contribution is 0.192. The van der Waals surface area contributed by atoms with Crippen molar-refractivity contribution in [2.45, 2.75) is 72.4 Å². The number of rotatable bonds is 0. The van der Waals surface area contributed by atoms with E-state index in [2.05, 4.69) is 46.4 Å². The number of aliphatic imine (C=N–C) groups is 1. The molecule has 0 radical (unpaired) electrons. The molecule has 0 aromatic heterocycles. The van der Waals surface area contributed by atoms with Crippen LogP contribution in [0.25, 0.3) is 0 Å². The van der Waals surface area contributed by atoms with Gasteiger partial charge in [0.2, 0.25) is 0 Å². The molecule has 1 fully saturated rings.